The van der Waals surface area contributed by atoms with E-state index in [2.05, 4.69) is 20.0 Å². The van der Waals surface area contributed by atoms with E-state index in [4.69, 9.17) is 18.9 Å². The van der Waals surface area contributed by atoms with Crippen LogP contribution in [0.5, 0.6) is 11.8 Å². The average molecular weight is 705 g/mol. The summed E-state index contributed by atoms with van der Waals surface area (Å²) in [4.78, 5) is 43.2. The summed E-state index contributed by atoms with van der Waals surface area (Å²) in [6.45, 7) is 11.1. The lowest BCUT2D eigenvalue weighted by Crippen LogP contribution is -2.22. The molecule has 10 nitrogen and oxygen atoms in total. The molecular formula is C42H48N4O6. The van der Waals surface area contributed by atoms with Crippen LogP contribution in [-0.2, 0) is 31.9 Å². The molecule has 4 aliphatic heterocycles. The molecule has 0 atom stereocenters. The van der Waals surface area contributed by atoms with E-state index in [1.807, 2.05) is 70.4 Å². The maximum atomic E-state index is 12.5. The van der Waals surface area contributed by atoms with Crippen molar-refractivity contribution in [2.24, 2.45) is 21.8 Å². The van der Waals surface area contributed by atoms with Gasteiger partial charge in [0.1, 0.15) is 0 Å². The van der Waals surface area contributed by atoms with Gasteiger partial charge in [0.15, 0.2) is 11.6 Å². The molecule has 2 aliphatic carbocycles. The van der Waals surface area contributed by atoms with E-state index in [-0.39, 0.29) is 23.8 Å². The third kappa shape index (κ3) is 8.40. The molecule has 2 saturated heterocycles. The summed E-state index contributed by atoms with van der Waals surface area (Å²) in [6.07, 6.45) is 16.3. The van der Waals surface area contributed by atoms with Crippen molar-refractivity contribution in [3.63, 3.8) is 0 Å². The number of carbonyl (C=O) groups is 2. The van der Waals surface area contributed by atoms with Crippen LogP contribution in [0.2, 0.25) is 0 Å². The van der Waals surface area contributed by atoms with Gasteiger partial charge in [0.25, 0.3) is 0 Å². The highest BCUT2D eigenvalue weighted by Gasteiger charge is 2.30. The van der Waals surface area contributed by atoms with E-state index < -0.39 is 0 Å². The summed E-state index contributed by atoms with van der Waals surface area (Å²) in [5.74, 6) is 2.42. The van der Waals surface area contributed by atoms with Crippen molar-refractivity contribution in [2.45, 2.75) is 91.3 Å². The Morgan fingerprint density at radius 2 is 1.23 bits per heavy atom. The number of Topliss-reactive ketones (excluding diaryl/α,β-unsaturated/α-hetero) is 2. The van der Waals surface area contributed by atoms with Crippen molar-refractivity contribution in [1.29, 1.82) is 0 Å². The van der Waals surface area contributed by atoms with Gasteiger partial charge in [-0.1, -0.05) is 6.07 Å². The van der Waals surface area contributed by atoms with Crippen LogP contribution < -0.4 is 9.47 Å². The fourth-order valence-electron chi connectivity index (χ4n) is 7.48. The van der Waals surface area contributed by atoms with E-state index >= 15 is 0 Å². The van der Waals surface area contributed by atoms with Crippen LogP contribution >= 0.6 is 0 Å². The highest BCUT2D eigenvalue weighted by atomic mass is 16.5. The first-order valence-electron chi connectivity index (χ1n) is 18.7. The van der Waals surface area contributed by atoms with Gasteiger partial charge in [-0.2, -0.15) is 0 Å². The molecule has 6 heterocycles. The molecule has 0 amide bonds. The molecule has 2 aromatic heterocycles. The van der Waals surface area contributed by atoms with Crippen molar-refractivity contribution in [2.75, 3.05) is 26.4 Å². The SMILES string of the molecule is CC(C)Oc1cc2c(cn1)CC(=O)/C2=C\C1=CN=C(C2CCOCC2)C1.CC(C)Oc1ccc2c(n1)/C(=C/C1=CN=C(C3CCOCC3)C1)C(=O)C2. The van der Waals surface area contributed by atoms with Gasteiger partial charge in [-0.15, -0.1) is 0 Å². The lowest BCUT2D eigenvalue weighted by molar-refractivity contribution is -0.113. The van der Waals surface area contributed by atoms with Crippen LogP contribution in [0.3, 0.4) is 0 Å². The highest BCUT2D eigenvalue weighted by Crippen LogP contribution is 2.35. The van der Waals surface area contributed by atoms with Gasteiger partial charge in [0.05, 0.1) is 17.9 Å². The number of carbonyl (C=O) groups excluding carboxylic acids is 2. The molecule has 2 aromatic rings. The summed E-state index contributed by atoms with van der Waals surface area (Å²) in [7, 11) is 0. The Morgan fingerprint density at radius 1 is 0.692 bits per heavy atom. The Morgan fingerprint density at radius 3 is 1.83 bits per heavy atom. The second-order valence-electron chi connectivity index (χ2n) is 14.8. The first-order valence-corrected chi connectivity index (χ1v) is 18.7. The molecule has 0 bridgehead atoms. The molecule has 0 unspecified atom stereocenters. The maximum absolute atomic E-state index is 12.5. The molecular weight excluding hydrogens is 656 g/mol. The van der Waals surface area contributed by atoms with Crippen LogP contribution in [0, 0.1) is 11.8 Å². The van der Waals surface area contributed by atoms with Gasteiger partial charge in [0.2, 0.25) is 11.8 Å². The Labute approximate surface area is 305 Å². The number of hydrogen-bond donors (Lipinski definition) is 0. The predicted octanol–water partition coefficient (Wildman–Crippen LogP) is 7.07. The number of hydrogen-bond acceptors (Lipinski definition) is 10. The summed E-state index contributed by atoms with van der Waals surface area (Å²) >= 11 is 0. The number of aliphatic imine (C=N–C) groups is 2. The minimum atomic E-state index is 0.0538. The van der Waals surface area contributed by atoms with Crippen LogP contribution in [-0.4, -0.2) is 71.6 Å². The van der Waals surface area contributed by atoms with Crippen molar-refractivity contribution < 1.29 is 28.5 Å². The zero-order chi connectivity index (χ0) is 36.2. The minimum absolute atomic E-state index is 0.0538. The van der Waals surface area contributed by atoms with Crippen molar-refractivity contribution in [3.05, 3.63) is 82.5 Å². The van der Waals surface area contributed by atoms with Gasteiger partial charge in [-0.25, -0.2) is 9.97 Å². The largest absolute Gasteiger partial charge is 0.475 e. The van der Waals surface area contributed by atoms with Crippen LogP contribution in [0.15, 0.2) is 70.1 Å². The number of ether oxygens (including phenoxy) is 4. The molecule has 10 heteroatoms. The van der Waals surface area contributed by atoms with Gasteiger partial charge < -0.3 is 18.9 Å². The number of pyridine rings is 2. The molecule has 0 spiro atoms. The number of fused-ring (bicyclic) bond motifs is 2. The number of rotatable bonds is 8. The summed E-state index contributed by atoms with van der Waals surface area (Å²) in [5, 5.41) is 0. The molecule has 0 radical (unpaired) electrons. The Hall–Kier alpha value is -4.54. The summed E-state index contributed by atoms with van der Waals surface area (Å²) in [5.41, 5.74) is 9.72. The maximum Gasteiger partial charge on any atom is 0.214 e. The van der Waals surface area contributed by atoms with E-state index in [1.54, 1.807) is 6.20 Å². The van der Waals surface area contributed by atoms with Crippen LogP contribution in [0.25, 0.3) is 11.1 Å². The van der Waals surface area contributed by atoms with Gasteiger partial charge >= 0.3 is 0 Å². The van der Waals surface area contributed by atoms with E-state index in [9.17, 15) is 9.59 Å². The molecule has 6 aliphatic rings. The van der Waals surface area contributed by atoms with Crippen LogP contribution in [0.4, 0.5) is 0 Å². The van der Waals surface area contributed by atoms with Gasteiger partial charge in [-0.3, -0.25) is 19.6 Å². The van der Waals surface area contributed by atoms with Crippen molar-refractivity contribution in [3.8, 4) is 11.8 Å². The topological polar surface area (TPSA) is 122 Å². The first-order chi connectivity index (χ1) is 25.2. The molecule has 52 heavy (non-hydrogen) atoms. The minimum Gasteiger partial charge on any atom is -0.475 e. The average Bonchev–Trinajstić information content (AvgIpc) is 3.93. The summed E-state index contributed by atoms with van der Waals surface area (Å²) < 4.78 is 22.3. The van der Waals surface area contributed by atoms with E-state index in [0.717, 1.165) is 104 Å². The third-order valence-corrected chi connectivity index (χ3v) is 10.1. The fraction of sp³-hybridized carbons (Fsp3) is 0.476. The molecule has 0 saturated carbocycles. The zero-order valence-corrected chi connectivity index (χ0v) is 30.7. The number of allylic oxidation sites excluding steroid dienone is 6. The zero-order valence-electron chi connectivity index (χ0n) is 30.7. The van der Waals surface area contributed by atoms with Gasteiger partial charge in [-0.05, 0) is 93.4 Å². The molecule has 272 valence electrons. The molecule has 0 aromatic carbocycles. The Bertz CT molecular complexity index is 1770. The van der Waals surface area contributed by atoms with Crippen LogP contribution in [0.1, 0.15) is 88.6 Å². The first kappa shape index (κ1) is 35.8. The predicted molar refractivity (Wildman–Crippen MR) is 201 cm³/mol. The Kier molecular flexibility index (Phi) is 11.0. The monoisotopic (exact) mass is 704 g/mol. The summed E-state index contributed by atoms with van der Waals surface area (Å²) in [6, 6.07) is 5.68. The smallest absolute Gasteiger partial charge is 0.214 e. The standard InChI is InChI=1S/2C21H24N2O3/c1-13(2)26-21-10-17-16(12-23-21)9-20(24)18(17)7-14-8-19(22-11-14)15-3-5-25-6-4-15;1-13(2)26-20-4-3-16-11-19(24)17(21(16)23-20)9-14-10-18(22-12-14)15-5-7-25-8-6-15/h7,10-13,15H,3-6,8-9H2,1-2H3;3-4,9,12-13,15H,5-8,10-11H2,1-2H3/b18-7-;17-9+. The van der Waals surface area contributed by atoms with Gasteiger partial charge in [0, 0.05) is 117 Å². The second-order valence-corrected chi connectivity index (χ2v) is 14.8. The molecule has 2 fully saturated rings. The van der Waals surface area contributed by atoms with Crippen molar-refractivity contribution in [1.82, 2.24) is 9.97 Å². The number of nitrogens with zero attached hydrogens (tertiary/aromatic N) is 4. The van der Waals surface area contributed by atoms with E-state index in [1.165, 1.54) is 11.4 Å². The lowest BCUT2D eigenvalue weighted by Gasteiger charge is -2.22. The number of ketones is 2. The fourth-order valence-corrected chi connectivity index (χ4v) is 7.48. The quantitative estimate of drug-likeness (QED) is 0.268. The lowest BCUT2D eigenvalue weighted by atomic mass is 9.91. The van der Waals surface area contributed by atoms with Crippen molar-refractivity contribution >= 4 is 34.1 Å². The Balaban J connectivity index is 0.000000162. The third-order valence-electron chi connectivity index (χ3n) is 10.1. The normalized spacial score (nSPS) is 22.0. The molecule has 8 rings (SSSR count). The highest BCUT2D eigenvalue weighted by molar-refractivity contribution is 6.26. The number of aromatic nitrogens is 2. The molecule has 0 N–H and O–H groups in total. The van der Waals surface area contributed by atoms with E-state index in [0.29, 0.717) is 42.0 Å². The second kappa shape index (κ2) is 16.0.